The van der Waals surface area contributed by atoms with Crippen LogP contribution in [0.4, 0.5) is 9.52 Å². The van der Waals surface area contributed by atoms with Crippen molar-refractivity contribution in [3.05, 3.63) is 53.3 Å². The zero-order chi connectivity index (χ0) is 15.0. The fraction of sp³-hybridized carbons (Fsp3) is 0. The van der Waals surface area contributed by atoms with Gasteiger partial charge in [0.05, 0.1) is 14.6 Å². The van der Waals surface area contributed by atoms with Gasteiger partial charge in [0.25, 0.3) is 10.0 Å². The summed E-state index contributed by atoms with van der Waals surface area (Å²) >= 11 is 7.18. The number of benzene rings is 2. The van der Waals surface area contributed by atoms with Gasteiger partial charge in [-0.2, -0.15) is 0 Å². The molecule has 0 aliphatic heterocycles. The summed E-state index contributed by atoms with van der Waals surface area (Å²) in [6.07, 6.45) is 0. The molecule has 4 nitrogen and oxygen atoms in total. The molecular weight excluding hydrogens is 335 g/mol. The molecule has 0 aliphatic carbocycles. The maximum absolute atomic E-state index is 12.8. The first-order valence-electron chi connectivity index (χ1n) is 5.79. The molecule has 2 aromatic carbocycles. The maximum atomic E-state index is 12.8. The Morgan fingerprint density at radius 2 is 1.86 bits per heavy atom. The lowest BCUT2D eigenvalue weighted by Crippen LogP contribution is -2.12. The number of halogens is 2. The highest BCUT2D eigenvalue weighted by Crippen LogP contribution is 2.31. The smallest absolute Gasteiger partial charge is 0.255 e. The first-order valence-corrected chi connectivity index (χ1v) is 8.47. The monoisotopic (exact) mass is 342 g/mol. The molecule has 0 aliphatic rings. The highest BCUT2D eigenvalue weighted by Gasteiger charge is 2.17. The summed E-state index contributed by atoms with van der Waals surface area (Å²) in [5.74, 6) is -0.499. The van der Waals surface area contributed by atoms with Gasteiger partial charge in [0.2, 0.25) is 0 Å². The molecule has 108 valence electrons. The van der Waals surface area contributed by atoms with Crippen LogP contribution in [0.3, 0.4) is 0 Å². The van der Waals surface area contributed by atoms with Crippen LogP contribution in [0.2, 0.25) is 5.02 Å². The number of aromatic nitrogens is 1. The third-order valence-electron chi connectivity index (χ3n) is 2.72. The van der Waals surface area contributed by atoms with Gasteiger partial charge in [-0.25, -0.2) is 17.8 Å². The fourth-order valence-corrected chi connectivity index (χ4v) is 4.15. The summed E-state index contributed by atoms with van der Waals surface area (Å²) in [5.41, 5.74) is 0.543. The van der Waals surface area contributed by atoms with Gasteiger partial charge in [-0.3, -0.25) is 4.72 Å². The minimum absolute atomic E-state index is 0.0331. The molecule has 0 bridgehead atoms. The molecule has 0 unspecified atom stereocenters. The number of anilines is 1. The van der Waals surface area contributed by atoms with Crippen LogP contribution in [0.5, 0.6) is 0 Å². The second kappa shape index (κ2) is 5.25. The lowest BCUT2D eigenvalue weighted by Gasteiger charge is -2.04. The van der Waals surface area contributed by atoms with Gasteiger partial charge in [-0.1, -0.05) is 29.0 Å². The molecule has 3 rings (SSSR count). The first kappa shape index (κ1) is 14.2. The minimum atomic E-state index is -3.80. The molecule has 0 amide bonds. The summed E-state index contributed by atoms with van der Waals surface area (Å²) in [6.45, 7) is 0. The molecule has 1 heterocycles. The molecule has 21 heavy (non-hydrogen) atoms. The largest absolute Gasteiger partial charge is 0.263 e. The number of nitrogens with one attached hydrogen (secondary N) is 1. The Morgan fingerprint density at radius 3 is 2.52 bits per heavy atom. The van der Waals surface area contributed by atoms with E-state index in [9.17, 15) is 12.8 Å². The average molecular weight is 343 g/mol. The second-order valence-corrected chi connectivity index (χ2v) is 7.29. The third kappa shape index (κ3) is 2.85. The molecule has 3 aromatic rings. The number of nitrogens with zero attached hydrogens (tertiary/aromatic N) is 1. The Morgan fingerprint density at radius 1 is 1.14 bits per heavy atom. The lowest BCUT2D eigenvalue weighted by molar-refractivity contribution is 0.599. The van der Waals surface area contributed by atoms with Crippen molar-refractivity contribution in [2.45, 2.75) is 4.90 Å². The van der Waals surface area contributed by atoms with Gasteiger partial charge >= 0.3 is 0 Å². The Balaban J connectivity index is 1.97. The molecule has 0 spiro atoms. The molecule has 8 heteroatoms. The van der Waals surface area contributed by atoms with E-state index in [1.54, 1.807) is 18.2 Å². The van der Waals surface area contributed by atoms with Crippen molar-refractivity contribution >= 4 is 48.3 Å². The van der Waals surface area contributed by atoms with Crippen LogP contribution in [-0.2, 0) is 10.0 Å². The normalized spacial score (nSPS) is 11.7. The zero-order valence-corrected chi connectivity index (χ0v) is 12.8. The van der Waals surface area contributed by atoms with Crippen molar-refractivity contribution in [3.63, 3.8) is 0 Å². The summed E-state index contributed by atoms with van der Waals surface area (Å²) in [6, 6.07) is 9.81. The van der Waals surface area contributed by atoms with E-state index in [-0.39, 0.29) is 10.0 Å². The number of hydrogen-bond acceptors (Lipinski definition) is 4. The number of hydrogen-bond donors (Lipinski definition) is 1. The summed E-state index contributed by atoms with van der Waals surface area (Å²) in [5, 5.41) is 0.665. The van der Waals surface area contributed by atoms with Gasteiger partial charge in [-0.15, -0.1) is 0 Å². The van der Waals surface area contributed by atoms with Crippen molar-refractivity contribution in [1.29, 1.82) is 0 Å². The van der Waals surface area contributed by atoms with E-state index in [1.807, 2.05) is 0 Å². The predicted molar refractivity (Wildman–Crippen MR) is 81.8 cm³/mol. The summed E-state index contributed by atoms with van der Waals surface area (Å²) in [4.78, 5) is 4.13. The molecule has 0 saturated heterocycles. The first-order chi connectivity index (χ1) is 9.95. The predicted octanol–water partition coefficient (Wildman–Crippen LogP) is 3.89. The van der Waals surface area contributed by atoms with Crippen LogP contribution in [-0.4, -0.2) is 13.4 Å². The van der Waals surface area contributed by atoms with Crippen LogP contribution in [0.1, 0.15) is 0 Å². The minimum Gasteiger partial charge on any atom is -0.255 e. The average Bonchev–Trinajstić information content (AvgIpc) is 2.82. The van der Waals surface area contributed by atoms with E-state index in [0.717, 1.165) is 16.8 Å². The summed E-state index contributed by atoms with van der Waals surface area (Å²) in [7, 11) is -3.80. The molecule has 0 radical (unpaired) electrons. The fourth-order valence-electron chi connectivity index (χ4n) is 1.75. The topological polar surface area (TPSA) is 59.1 Å². The van der Waals surface area contributed by atoms with E-state index in [4.69, 9.17) is 11.6 Å². The van der Waals surface area contributed by atoms with Crippen LogP contribution < -0.4 is 4.72 Å². The van der Waals surface area contributed by atoms with Crippen molar-refractivity contribution in [2.75, 3.05) is 4.72 Å². The maximum Gasteiger partial charge on any atom is 0.263 e. The zero-order valence-electron chi connectivity index (χ0n) is 10.4. The van der Waals surface area contributed by atoms with E-state index < -0.39 is 15.8 Å². The van der Waals surface area contributed by atoms with E-state index in [0.29, 0.717) is 10.5 Å². The highest BCUT2D eigenvalue weighted by molar-refractivity contribution is 7.93. The molecule has 0 saturated carbocycles. The van der Waals surface area contributed by atoms with Gasteiger partial charge in [0.15, 0.2) is 5.13 Å². The second-order valence-electron chi connectivity index (χ2n) is 4.17. The Labute approximate surface area is 129 Å². The number of sulfonamides is 1. The van der Waals surface area contributed by atoms with Crippen molar-refractivity contribution in [3.8, 4) is 0 Å². The molecule has 1 aromatic heterocycles. The number of fused-ring (bicyclic) bond motifs is 1. The van der Waals surface area contributed by atoms with Crippen LogP contribution in [0, 0.1) is 5.82 Å². The lowest BCUT2D eigenvalue weighted by atomic mass is 10.3. The quantitative estimate of drug-likeness (QED) is 0.785. The van der Waals surface area contributed by atoms with Crippen LogP contribution in [0.15, 0.2) is 47.4 Å². The number of thiazole rings is 1. The van der Waals surface area contributed by atoms with Crippen molar-refractivity contribution in [1.82, 2.24) is 4.98 Å². The van der Waals surface area contributed by atoms with Crippen molar-refractivity contribution < 1.29 is 12.8 Å². The molecule has 0 fully saturated rings. The Hall–Kier alpha value is -1.70. The van der Waals surface area contributed by atoms with Crippen molar-refractivity contribution in [2.24, 2.45) is 0 Å². The number of rotatable bonds is 3. The van der Waals surface area contributed by atoms with Gasteiger partial charge in [0, 0.05) is 0 Å². The highest BCUT2D eigenvalue weighted by atomic mass is 35.5. The molecular formula is C13H8ClFN2O2S2. The number of para-hydroxylation sites is 1. The van der Waals surface area contributed by atoms with E-state index in [1.165, 1.54) is 23.5 Å². The third-order valence-corrected chi connectivity index (χ3v) is 5.44. The summed E-state index contributed by atoms with van der Waals surface area (Å²) < 4.78 is 40.3. The van der Waals surface area contributed by atoms with Gasteiger partial charge in [0.1, 0.15) is 11.3 Å². The Kier molecular flexibility index (Phi) is 3.56. The van der Waals surface area contributed by atoms with E-state index in [2.05, 4.69) is 9.71 Å². The van der Waals surface area contributed by atoms with Crippen LogP contribution >= 0.6 is 22.9 Å². The van der Waals surface area contributed by atoms with E-state index >= 15 is 0 Å². The molecule has 1 N–H and O–H groups in total. The SMILES string of the molecule is O=S(=O)(Nc1nc2c(Cl)cccc2s1)c1ccc(F)cc1. The molecule has 0 atom stereocenters. The van der Waals surface area contributed by atoms with Crippen LogP contribution in [0.25, 0.3) is 10.2 Å². The Bertz CT molecular complexity index is 908. The van der Waals surface area contributed by atoms with Gasteiger partial charge in [-0.05, 0) is 36.4 Å². The van der Waals surface area contributed by atoms with Gasteiger partial charge < -0.3 is 0 Å². The standard InChI is InChI=1S/C13H8ClFN2O2S2/c14-10-2-1-3-11-12(10)16-13(20-11)17-21(18,19)9-6-4-8(15)5-7-9/h1-7H,(H,16,17).